The van der Waals surface area contributed by atoms with Crippen LogP contribution in [0.25, 0.3) is 0 Å². The number of Topliss-reactive ketones (excluding diaryl/α,β-unsaturated/α-hetero) is 1. The Hall–Kier alpha value is -1.77. The van der Waals surface area contributed by atoms with E-state index in [1.165, 1.54) is 16.7 Å². The van der Waals surface area contributed by atoms with E-state index in [1.807, 2.05) is 6.07 Å². The molecule has 0 aliphatic heterocycles. The molecule has 0 radical (unpaired) electrons. The number of aryl methyl sites for hydroxylation is 1. The Balaban J connectivity index is 2.24. The minimum Gasteiger partial charge on any atom is -0.300 e. The average Bonchev–Trinajstić information content (AvgIpc) is 2.97. The molecule has 0 heterocycles. The molecule has 124 valence electrons. The largest absolute Gasteiger partial charge is 0.300 e. The molecular weight excluding hydrogens is 289 g/mol. The van der Waals surface area contributed by atoms with E-state index in [1.54, 1.807) is 6.92 Å². The molecule has 0 amide bonds. The van der Waals surface area contributed by atoms with Crippen LogP contribution in [0.4, 0.5) is 4.39 Å². The minimum atomic E-state index is 0.0117. The van der Waals surface area contributed by atoms with E-state index < -0.39 is 0 Å². The predicted octanol–water partition coefficient (Wildman–Crippen LogP) is 5.29. The van der Waals surface area contributed by atoms with Crippen LogP contribution in [0.2, 0.25) is 0 Å². The highest BCUT2D eigenvalue weighted by molar-refractivity contribution is 5.78. The van der Waals surface area contributed by atoms with Gasteiger partial charge in [0.25, 0.3) is 0 Å². The van der Waals surface area contributed by atoms with Gasteiger partial charge in [-0.15, -0.1) is 0 Å². The molecule has 0 spiro atoms. The molecule has 0 N–H and O–H groups in total. The van der Waals surface area contributed by atoms with Gasteiger partial charge in [-0.25, -0.2) is 4.99 Å². The van der Waals surface area contributed by atoms with E-state index in [-0.39, 0.29) is 17.6 Å². The molecule has 3 heteroatoms. The highest BCUT2D eigenvalue weighted by Gasteiger charge is 2.31. The van der Waals surface area contributed by atoms with Gasteiger partial charge in [0, 0.05) is 17.5 Å². The third-order valence-corrected chi connectivity index (χ3v) is 5.32. The summed E-state index contributed by atoms with van der Waals surface area (Å²) in [6.07, 6.45) is 3.84. The summed E-state index contributed by atoms with van der Waals surface area (Å²) >= 11 is 0. The minimum absolute atomic E-state index is 0.0117. The summed E-state index contributed by atoms with van der Waals surface area (Å²) in [6.45, 7) is 10.2. The number of ketones is 1. The quantitative estimate of drug-likeness (QED) is 0.655. The van der Waals surface area contributed by atoms with Crippen molar-refractivity contribution in [2.45, 2.75) is 52.4 Å². The first-order valence-corrected chi connectivity index (χ1v) is 8.32. The van der Waals surface area contributed by atoms with Gasteiger partial charge < -0.3 is 0 Å². The standard InChI is InChI=1S/C20H26FNO/c1-13-6-5-7-19(14(13)2)20(15(3)22-12-21)11-17-8-9-18(10-17)16(4)23/h5-7,12,17-18,20H,3,8-11H2,1-2,4H3. The Labute approximate surface area is 138 Å². The normalized spacial score (nSPS) is 22.4. The number of halogens is 1. The van der Waals surface area contributed by atoms with Gasteiger partial charge in [0.15, 0.2) is 6.47 Å². The Morgan fingerprint density at radius 3 is 2.78 bits per heavy atom. The number of carbonyl (C=O) groups is 1. The summed E-state index contributed by atoms with van der Waals surface area (Å²) in [7, 11) is 0. The van der Waals surface area contributed by atoms with Gasteiger partial charge in [-0.05, 0) is 69.1 Å². The van der Waals surface area contributed by atoms with Gasteiger partial charge >= 0.3 is 0 Å². The summed E-state index contributed by atoms with van der Waals surface area (Å²) < 4.78 is 12.6. The Kier molecular flexibility index (Phi) is 5.86. The molecule has 1 aromatic carbocycles. The maximum absolute atomic E-state index is 12.6. The highest BCUT2D eigenvalue weighted by atomic mass is 19.1. The number of nitrogens with zero attached hydrogens (tertiary/aromatic N) is 1. The average molecular weight is 315 g/mol. The van der Waals surface area contributed by atoms with Crippen LogP contribution in [0.15, 0.2) is 35.5 Å². The van der Waals surface area contributed by atoms with Gasteiger partial charge in [0.05, 0.1) is 0 Å². The number of benzene rings is 1. The number of hydrogen-bond donors (Lipinski definition) is 0. The fourth-order valence-corrected chi connectivity index (χ4v) is 3.74. The number of carbonyl (C=O) groups excluding carboxylic acids is 1. The summed E-state index contributed by atoms with van der Waals surface area (Å²) in [5.41, 5.74) is 4.17. The zero-order chi connectivity index (χ0) is 17.0. The summed E-state index contributed by atoms with van der Waals surface area (Å²) in [4.78, 5) is 15.4. The lowest BCUT2D eigenvalue weighted by atomic mass is 9.83. The lowest BCUT2D eigenvalue weighted by Crippen LogP contribution is -2.11. The number of allylic oxidation sites excluding steroid dienone is 1. The van der Waals surface area contributed by atoms with Crippen molar-refractivity contribution >= 4 is 12.3 Å². The number of rotatable bonds is 6. The van der Waals surface area contributed by atoms with E-state index in [0.29, 0.717) is 18.1 Å². The van der Waals surface area contributed by atoms with E-state index in [9.17, 15) is 9.18 Å². The first-order chi connectivity index (χ1) is 10.9. The molecule has 1 fully saturated rings. The zero-order valence-corrected chi connectivity index (χ0v) is 14.3. The van der Waals surface area contributed by atoms with Crippen LogP contribution in [0, 0.1) is 25.7 Å². The topological polar surface area (TPSA) is 29.4 Å². The molecule has 23 heavy (non-hydrogen) atoms. The fourth-order valence-electron chi connectivity index (χ4n) is 3.74. The first kappa shape index (κ1) is 17.6. The van der Waals surface area contributed by atoms with Gasteiger partial charge in [0.1, 0.15) is 5.78 Å². The van der Waals surface area contributed by atoms with Crippen molar-refractivity contribution in [1.82, 2.24) is 0 Å². The van der Waals surface area contributed by atoms with Crippen molar-refractivity contribution in [2.24, 2.45) is 16.8 Å². The van der Waals surface area contributed by atoms with Crippen LogP contribution in [0.5, 0.6) is 0 Å². The van der Waals surface area contributed by atoms with Gasteiger partial charge in [0.2, 0.25) is 0 Å². The third kappa shape index (κ3) is 4.15. The molecule has 0 aromatic heterocycles. The van der Waals surface area contributed by atoms with E-state index in [2.05, 4.69) is 37.6 Å². The van der Waals surface area contributed by atoms with Crippen LogP contribution in [-0.2, 0) is 4.79 Å². The summed E-state index contributed by atoms with van der Waals surface area (Å²) in [6, 6.07) is 6.20. The molecule has 3 atom stereocenters. The van der Waals surface area contributed by atoms with Gasteiger partial charge in [-0.2, -0.15) is 4.39 Å². The maximum atomic E-state index is 12.6. The van der Waals surface area contributed by atoms with Crippen molar-refractivity contribution in [3.05, 3.63) is 47.2 Å². The monoisotopic (exact) mass is 315 g/mol. The maximum Gasteiger partial charge on any atom is 0.176 e. The smallest absolute Gasteiger partial charge is 0.176 e. The van der Waals surface area contributed by atoms with Crippen LogP contribution in [-0.4, -0.2) is 12.3 Å². The fraction of sp³-hybridized carbons (Fsp3) is 0.500. The molecule has 1 saturated carbocycles. The molecule has 0 bridgehead atoms. The van der Waals surface area contributed by atoms with Crippen molar-refractivity contribution in [1.29, 1.82) is 0 Å². The molecule has 2 nitrogen and oxygen atoms in total. The molecule has 1 aliphatic carbocycles. The Morgan fingerprint density at radius 1 is 1.43 bits per heavy atom. The van der Waals surface area contributed by atoms with Crippen molar-refractivity contribution in [3.63, 3.8) is 0 Å². The second kappa shape index (κ2) is 7.67. The lowest BCUT2D eigenvalue weighted by molar-refractivity contribution is -0.120. The SMILES string of the molecule is C=C(N=CF)C(CC1CCC(C(C)=O)C1)c1cccc(C)c1C. The van der Waals surface area contributed by atoms with Crippen LogP contribution in [0.3, 0.4) is 0 Å². The summed E-state index contributed by atoms with van der Waals surface area (Å²) in [5, 5.41) is 0. The molecular formula is C20H26FNO. The van der Waals surface area contributed by atoms with Crippen LogP contribution in [0.1, 0.15) is 55.2 Å². The van der Waals surface area contributed by atoms with Gasteiger partial charge in [-0.3, -0.25) is 4.79 Å². The Bertz CT molecular complexity index is 620. The number of aliphatic imine (C=N–C) groups is 1. The van der Waals surface area contributed by atoms with Gasteiger partial charge in [-0.1, -0.05) is 24.8 Å². The molecule has 1 aromatic rings. The highest BCUT2D eigenvalue weighted by Crippen LogP contribution is 2.41. The zero-order valence-electron chi connectivity index (χ0n) is 14.3. The molecule has 0 saturated heterocycles. The Morgan fingerprint density at radius 2 is 2.17 bits per heavy atom. The molecule has 3 unspecified atom stereocenters. The van der Waals surface area contributed by atoms with Crippen LogP contribution < -0.4 is 0 Å². The lowest BCUT2D eigenvalue weighted by Gasteiger charge is -2.23. The van der Waals surface area contributed by atoms with E-state index in [4.69, 9.17) is 0 Å². The summed E-state index contributed by atoms with van der Waals surface area (Å²) in [5.74, 6) is 0.964. The molecule has 1 aliphatic rings. The van der Waals surface area contributed by atoms with Crippen molar-refractivity contribution in [3.8, 4) is 0 Å². The number of hydrogen-bond acceptors (Lipinski definition) is 2. The van der Waals surface area contributed by atoms with Crippen molar-refractivity contribution in [2.75, 3.05) is 0 Å². The predicted molar refractivity (Wildman–Crippen MR) is 93.5 cm³/mol. The molecule has 2 rings (SSSR count). The second-order valence-corrected chi connectivity index (χ2v) is 6.78. The van der Waals surface area contributed by atoms with Crippen LogP contribution >= 0.6 is 0 Å². The third-order valence-electron chi connectivity index (χ3n) is 5.32. The van der Waals surface area contributed by atoms with E-state index in [0.717, 1.165) is 25.7 Å². The van der Waals surface area contributed by atoms with E-state index >= 15 is 0 Å². The van der Waals surface area contributed by atoms with Crippen molar-refractivity contribution < 1.29 is 9.18 Å². The first-order valence-electron chi connectivity index (χ1n) is 8.32. The second-order valence-electron chi connectivity index (χ2n) is 6.78.